The third kappa shape index (κ3) is 2.92. The van der Waals surface area contributed by atoms with Crippen LogP contribution < -0.4 is 9.47 Å². The van der Waals surface area contributed by atoms with Crippen LogP contribution >= 0.6 is 0 Å². The summed E-state index contributed by atoms with van der Waals surface area (Å²) in [6.45, 7) is 0. The molecule has 2 aromatic carbocycles. The zero-order valence-electron chi connectivity index (χ0n) is 10.2. The lowest BCUT2D eigenvalue weighted by atomic mass is 10.0. The molecule has 0 spiro atoms. The van der Waals surface area contributed by atoms with Crippen molar-refractivity contribution in [1.82, 2.24) is 0 Å². The van der Waals surface area contributed by atoms with Crippen LogP contribution in [0.15, 0.2) is 48.5 Å². The Labute approximate surface area is 115 Å². The van der Waals surface area contributed by atoms with Gasteiger partial charge in [-0.25, -0.2) is 0 Å². The Morgan fingerprint density at radius 1 is 0.750 bits per heavy atom. The molecular formula is C15H8N2O3. The van der Waals surface area contributed by atoms with E-state index in [1.807, 2.05) is 0 Å². The number of ketones is 1. The van der Waals surface area contributed by atoms with Crippen molar-refractivity contribution >= 4 is 5.78 Å². The fourth-order valence-electron chi connectivity index (χ4n) is 1.62. The highest BCUT2D eigenvalue weighted by Crippen LogP contribution is 2.17. The van der Waals surface area contributed by atoms with Crippen LogP contribution in [0.2, 0.25) is 0 Å². The van der Waals surface area contributed by atoms with E-state index in [0.717, 1.165) is 0 Å². The van der Waals surface area contributed by atoms with Crippen molar-refractivity contribution in [2.75, 3.05) is 0 Å². The summed E-state index contributed by atoms with van der Waals surface area (Å²) in [6, 6.07) is 12.5. The fraction of sp³-hybridized carbons (Fsp3) is 0. The molecule has 0 saturated carbocycles. The third-order valence-corrected chi connectivity index (χ3v) is 2.56. The Morgan fingerprint density at radius 2 is 1.10 bits per heavy atom. The number of hydrogen-bond acceptors (Lipinski definition) is 5. The van der Waals surface area contributed by atoms with E-state index in [1.165, 1.54) is 0 Å². The van der Waals surface area contributed by atoms with Crippen molar-refractivity contribution in [3.63, 3.8) is 0 Å². The van der Waals surface area contributed by atoms with Crippen molar-refractivity contribution in [1.29, 1.82) is 10.5 Å². The zero-order valence-corrected chi connectivity index (χ0v) is 10.2. The summed E-state index contributed by atoms with van der Waals surface area (Å²) in [5.74, 6) is 0.584. The molecule has 96 valence electrons. The molecule has 5 nitrogen and oxygen atoms in total. The van der Waals surface area contributed by atoms with Gasteiger partial charge in [-0.05, 0) is 48.5 Å². The number of nitrogens with zero attached hydrogens (tertiary/aromatic N) is 2. The first-order chi connectivity index (χ1) is 9.74. The summed E-state index contributed by atoms with van der Waals surface area (Å²) < 4.78 is 9.27. The molecule has 0 aliphatic heterocycles. The molecule has 0 radical (unpaired) electrons. The molecule has 0 N–H and O–H groups in total. The number of hydrogen-bond donors (Lipinski definition) is 0. The molecule has 5 heteroatoms. The number of carbonyl (C=O) groups excluding carboxylic acids is 1. The van der Waals surface area contributed by atoms with E-state index in [9.17, 15) is 4.79 Å². The second kappa shape index (κ2) is 6.03. The molecule has 0 unspecified atom stereocenters. The lowest BCUT2D eigenvalue weighted by Crippen LogP contribution is -2.01. The third-order valence-electron chi connectivity index (χ3n) is 2.56. The molecule has 0 amide bonds. The second-order valence-electron chi connectivity index (χ2n) is 3.76. The van der Waals surface area contributed by atoms with Gasteiger partial charge >= 0.3 is 0 Å². The summed E-state index contributed by atoms with van der Waals surface area (Å²) in [7, 11) is 0. The van der Waals surface area contributed by atoms with Gasteiger partial charge in [-0.2, -0.15) is 0 Å². The van der Waals surface area contributed by atoms with Crippen molar-refractivity contribution in [2.45, 2.75) is 0 Å². The van der Waals surface area contributed by atoms with Gasteiger partial charge in [0.15, 0.2) is 5.78 Å². The molecule has 0 fully saturated rings. The molecular weight excluding hydrogens is 256 g/mol. The zero-order chi connectivity index (χ0) is 14.4. The molecule has 0 aromatic heterocycles. The summed E-state index contributed by atoms with van der Waals surface area (Å²) in [5.41, 5.74) is 0.952. The minimum Gasteiger partial charge on any atom is -0.388 e. The predicted octanol–water partition coefficient (Wildman–Crippen LogP) is 2.64. The van der Waals surface area contributed by atoms with Gasteiger partial charge in [-0.15, -0.1) is 10.5 Å². The standard InChI is InChI=1S/C15H8N2O3/c16-9-19-13-5-1-11(2-6-13)15(18)12-3-7-14(8-4-12)20-10-17/h1-8H. The largest absolute Gasteiger partial charge is 0.388 e. The highest BCUT2D eigenvalue weighted by Gasteiger charge is 2.09. The maximum atomic E-state index is 12.2. The normalized spacial score (nSPS) is 9.10. The van der Waals surface area contributed by atoms with Crippen LogP contribution in [0.5, 0.6) is 11.5 Å². The molecule has 2 rings (SSSR count). The lowest BCUT2D eigenvalue weighted by molar-refractivity contribution is 0.103. The van der Waals surface area contributed by atoms with Crippen LogP contribution in [0.3, 0.4) is 0 Å². The first-order valence-corrected chi connectivity index (χ1v) is 5.61. The Balaban J connectivity index is 2.18. The van der Waals surface area contributed by atoms with Gasteiger partial charge in [0.05, 0.1) is 0 Å². The predicted molar refractivity (Wildman–Crippen MR) is 68.8 cm³/mol. The molecule has 0 atom stereocenters. The molecule has 0 saturated heterocycles. The van der Waals surface area contributed by atoms with E-state index in [1.54, 1.807) is 61.0 Å². The Hall–Kier alpha value is -3.31. The van der Waals surface area contributed by atoms with E-state index in [2.05, 4.69) is 9.47 Å². The van der Waals surface area contributed by atoms with Gasteiger partial charge in [0, 0.05) is 11.1 Å². The molecule has 0 heterocycles. The van der Waals surface area contributed by atoms with Crippen molar-refractivity contribution in [3.05, 3.63) is 59.7 Å². The van der Waals surface area contributed by atoms with E-state index < -0.39 is 0 Å². The summed E-state index contributed by atoms with van der Waals surface area (Å²) in [6.07, 6.45) is 3.11. The quantitative estimate of drug-likeness (QED) is 0.626. The smallest absolute Gasteiger partial charge is 0.292 e. The first-order valence-electron chi connectivity index (χ1n) is 5.61. The van der Waals surface area contributed by atoms with E-state index in [-0.39, 0.29) is 5.78 Å². The molecule has 20 heavy (non-hydrogen) atoms. The summed E-state index contributed by atoms with van der Waals surface area (Å²) in [5, 5.41) is 16.7. The number of carbonyl (C=O) groups is 1. The van der Waals surface area contributed by atoms with Crippen molar-refractivity contribution in [2.24, 2.45) is 0 Å². The second-order valence-corrected chi connectivity index (χ2v) is 3.76. The molecule has 0 aliphatic rings. The highest BCUT2D eigenvalue weighted by atomic mass is 16.5. The van der Waals surface area contributed by atoms with Gasteiger partial charge in [-0.3, -0.25) is 4.79 Å². The number of rotatable bonds is 4. The molecule has 0 bridgehead atoms. The molecule has 0 aliphatic carbocycles. The first kappa shape index (κ1) is 13.1. The lowest BCUT2D eigenvalue weighted by Gasteiger charge is -2.03. The van der Waals surface area contributed by atoms with Crippen molar-refractivity contribution in [3.8, 4) is 24.0 Å². The van der Waals surface area contributed by atoms with Gasteiger partial charge in [0.2, 0.25) is 0 Å². The average molecular weight is 264 g/mol. The highest BCUT2D eigenvalue weighted by molar-refractivity contribution is 6.09. The van der Waals surface area contributed by atoms with E-state index in [4.69, 9.17) is 10.5 Å². The number of nitriles is 2. The van der Waals surface area contributed by atoms with Crippen molar-refractivity contribution < 1.29 is 14.3 Å². The molecule has 2 aromatic rings. The van der Waals surface area contributed by atoms with Gasteiger partial charge in [0.25, 0.3) is 12.5 Å². The average Bonchev–Trinajstić information content (AvgIpc) is 2.49. The van der Waals surface area contributed by atoms with Gasteiger partial charge < -0.3 is 9.47 Å². The van der Waals surface area contributed by atoms with Crippen LogP contribution in [0.1, 0.15) is 15.9 Å². The van der Waals surface area contributed by atoms with E-state index >= 15 is 0 Å². The number of ether oxygens (including phenoxy) is 2. The summed E-state index contributed by atoms with van der Waals surface area (Å²) >= 11 is 0. The SMILES string of the molecule is N#COc1ccc(C(=O)c2ccc(OC#N)cc2)cc1. The van der Waals surface area contributed by atoms with Crippen LogP contribution in [0.4, 0.5) is 0 Å². The fourth-order valence-corrected chi connectivity index (χ4v) is 1.62. The van der Waals surface area contributed by atoms with Gasteiger partial charge in [-0.1, -0.05) is 0 Å². The number of benzene rings is 2. The monoisotopic (exact) mass is 264 g/mol. The Morgan fingerprint density at radius 3 is 1.40 bits per heavy atom. The van der Waals surface area contributed by atoms with Crippen LogP contribution in [-0.2, 0) is 0 Å². The van der Waals surface area contributed by atoms with Crippen LogP contribution in [-0.4, -0.2) is 5.78 Å². The minimum absolute atomic E-state index is 0.169. The Bertz CT molecular complexity index is 630. The van der Waals surface area contributed by atoms with Gasteiger partial charge in [0.1, 0.15) is 11.5 Å². The minimum atomic E-state index is -0.169. The maximum Gasteiger partial charge on any atom is 0.292 e. The van der Waals surface area contributed by atoms with E-state index in [0.29, 0.717) is 22.6 Å². The topological polar surface area (TPSA) is 83.1 Å². The summed E-state index contributed by atoms with van der Waals surface area (Å²) in [4.78, 5) is 12.2. The Kier molecular flexibility index (Phi) is 3.96. The van der Waals surface area contributed by atoms with Crippen LogP contribution in [0.25, 0.3) is 0 Å². The van der Waals surface area contributed by atoms with Crippen LogP contribution in [0, 0.1) is 23.0 Å². The maximum absolute atomic E-state index is 12.2.